The average molecular weight is 372 g/mol. The van der Waals surface area contributed by atoms with E-state index in [1.54, 1.807) is 37.4 Å². The van der Waals surface area contributed by atoms with Gasteiger partial charge in [0.1, 0.15) is 5.69 Å². The van der Waals surface area contributed by atoms with Crippen molar-refractivity contribution >= 4 is 11.6 Å². The summed E-state index contributed by atoms with van der Waals surface area (Å²) in [6, 6.07) is 9.77. The first kappa shape index (κ1) is 18.6. The third-order valence-corrected chi connectivity index (χ3v) is 3.92. The number of aromatic nitrogens is 3. The van der Waals surface area contributed by atoms with E-state index < -0.39 is 5.92 Å². The number of halogens is 2. The minimum Gasteiger partial charge on any atom is -0.339 e. The largest absolute Gasteiger partial charge is 0.339 e. The first-order chi connectivity index (χ1) is 12.8. The molecule has 0 spiro atoms. The Morgan fingerprint density at radius 3 is 2.78 bits per heavy atom. The number of hydrogen-bond acceptors (Lipinski definition) is 5. The lowest BCUT2D eigenvalue weighted by Gasteiger charge is -2.15. The zero-order valence-corrected chi connectivity index (χ0v) is 14.9. The summed E-state index contributed by atoms with van der Waals surface area (Å²) in [5.41, 5.74) is 1.25. The van der Waals surface area contributed by atoms with Crippen LogP contribution in [0.3, 0.4) is 0 Å². The maximum absolute atomic E-state index is 13.6. The highest BCUT2D eigenvalue weighted by molar-refractivity contribution is 5.90. The Labute approximate surface area is 154 Å². The predicted octanol–water partition coefficient (Wildman–Crippen LogP) is 4.12. The summed E-state index contributed by atoms with van der Waals surface area (Å²) in [6.07, 6.45) is 1.93. The Morgan fingerprint density at radius 2 is 2.07 bits per heavy atom. The van der Waals surface area contributed by atoms with Crippen LogP contribution in [0.25, 0.3) is 11.5 Å². The molecule has 2 heterocycles. The van der Waals surface area contributed by atoms with Crippen LogP contribution in [0.2, 0.25) is 0 Å². The number of carbonyl (C=O) groups excluding carboxylic acids is 1. The van der Waals surface area contributed by atoms with Crippen molar-refractivity contribution in [2.75, 3.05) is 5.32 Å². The molecule has 0 aliphatic rings. The van der Waals surface area contributed by atoms with Crippen LogP contribution >= 0.6 is 0 Å². The molecule has 0 aliphatic heterocycles. The van der Waals surface area contributed by atoms with Crippen LogP contribution in [0.1, 0.15) is 30.4 Å². The number of rotatable bonds is 6. The van der Waals surface area contributed by atoms with Gasteiger partial charge in [-0.15, -0.1) is 0 Å². The molecule has 0 fully saturated rings. The van der Waals surface area contributed by atoms with E-state index in [1.807, 2.05) is 6.07 Å². The highest BCUT2D eigenvalue weighted by Gasteiger charge is 2.26. The summed E-state index contributed by atoms with van der Waals surface area (Å²) in [5.74, 6) is -2.66. The van der Waals surface area contributed by atoms with Gasteiger partial charge in [-0.2, -0.15) is 4.98 Å². The Kier molecular flexibility index (Phi) is 5.25. The monoisotopic (exact) mass is 372 g/mol. The highest BCUT2D eigenvalue weighted by atomic mass is 19.3. The van der Waals surface area contributed by atoms with Crippen molar-refractivity contribution in [3.63, 3.8) is 0 Å². The van der Waals surface area contributed by atoms with Crippen LogP contribution in [0.5, 0.6) is 0 Å². The van der Waals surface area contributed by atoms with Gasteiger partial charge in [-0.3, -0.25) is 9.78 Å². The second kappa shape index (κ2) is 7.61. The fourth-order valence-electron chi connectivity index (χ4n) is 2.57. The van der Waals surface area contributed by atoms with Crippen LogP contribution in [0.15, 0.2) is 47.1 Å². The van der Waals surface area contributed by atoms with Crippen molar-refractivity contribution in [1.82, 2.24) is 15.1 Å². The molecule has 140 valence electrons. The van der Waals surface area contributed by atoms with Gasteiger partial charge in [-0.05, 0) is 36.8 Å². The normalized spacial score (nSPS) is 11.4. The SMILES string of the molecule is Cc1ccc(NC(=O)CCc2nc(-c3ccccn3)no2)cc1C(C)(F)F. The quantitative estimate of drug-likeness (QED) is 0.704. The fraction of sp³-hybridized carbons (Fsp3) is 0.263. The van der Waals surface area contributed by atoms with E-state index in [-0.39, 0.29) is 24.3 Å². The van der Waals surface area contributed by atoms with Gasteiger partial charge in [0.05, 0.1) is 0 Å². The van der Waals surface area contributed by atoms with Crippen molar-refractivity contribution in [3.05, 3.63) is 59.6 Å². The van der Waals surface area contributed by atoms with Crippen molar-refractivity contribution < 1.29 is 18.1 Å². The van der Waals surface area contributed by atoms with Gasteiger partial charge in [-0.1, -0.05) is 17.3 Å². The van der Waals surface area contributed by atoms with E-state index in [2.05, 4.69) is 20.4 Å². The minimum absolute atomic E-state index is 0.0789. The molecule has 3 rings (SSSR count). The molecule has 27 heavy (non-hydrogen) atoms. The summed E-state index contributed by atoms with van der Waals surface area (Å²) in [6.45, 7) is 2.43. The van der Waals surface area contributed by atoms with Gasteiger partial charge in [-0.25, -0.2) is 8.78 Å². The molecule has 0 aliphatic carbocycles. The van der Waals surface area contributed by atoms with Crippen LogP contribution < -0.4 is 5.32 Å². The lowest BCUT2D eigenvalue weighted by molar-refractivity contribution is -0.116. The van der Waals surface area contributed by atoms with E-state index in [0.29, 0.717) is 28.7 Å². The number of nitrogens with zero attached hydrogens (tertiary/aromatic N) is 3. The van der Waals surface area contributed by atoms with Crippen molar-refractivity contribution in [2.45, 2.75) is 32.6 Å². The van der Waals surface area contributed by atoms with Gasteiger partial charge in [0.2, 0.25) is 17.6 Å². The number of hydrogen-bond donors (Lipinski definition) is 1. The minimum atomic E-state index is -2.98. The Bertz CT molecular complexity index is 936. The first-order valence-electron chi connectivity index (χ1n) is 8.36. The molecule has 1 amide bonds. The predicted molar refractivity (Wildman–Crippen MR) is 95.2 cm³/mol. The molecule has 1 N–H and O–H groups in total. The molecule has 0 saturated heterocycles. The molecule has 0 unspecified atom stereocenters. The van der Waals surface area contributed by atoms with E-state index in [0.717, 1.165) is 6.92 Å². The second-order valence-electron chi connectivity index (χ2n) is 6.19. The molecule has 0 saturated carbocycles. The summed E-state index contributed by atoms with van der Waals surface area (Å²) in [4.78, 5) is 20.4. The summed E-state index contributed by atoms with van der Waals surface area (Å²) >= 11 is 0. The van der Waals surface area contributed by atoms with E-state index >= 15 is 0 Å². The molecule has 8 heteroatoms. The van der Waals surface area contributed by atoms with Gasteiger partial charge in [0.15, 0.2) is 0 Å². The standard InChI is InChI=1S/C19H18F2N4O2/c1-12-6-7-13(11-14(12)19(2,20)21)23-16(26)8-9-17-24-18(25-27-17)15-5-3-4-10-22-15/h3-7,10-11H,8-9H2,1-2H3,(H,23,26). The zero-order chi connectivity index (χ0) is 19.4. The molecule has 0 bridgehead atoms. The molecule has 1 aromatic carbocycles. The van der Waals surface area contributed by atoms with Crippen LogP contribution in [0.4, 0.5) is 14.5 Å². The van der Waals surface area contributed by atoms with Crippen molar-refractivity contribution in [1.29, 1.82) is 0 Å². The molecule has 2 aromatic heterocycles. The number of carbonyl (C=O) groups is 1. The number of pyridine rings is 1. The van der Waals surface area contributed by atoms with Gasteiger partial charge in [0.25, 0.3) is 5.92 Å². The molecule has 6 nitrogen and oxygen atoms in total. The average Bonchev–Trinajstić information content (AvgIpc) is 3.10. The van der Waals surface area contributed by atoms with Crippen molar-refractivity contribution in [2.24, 2.45) is 0 Å². The smallest absolute Gasteiger partial charge is 0.270 e. The topological polar surface area (TPSA) is 80.9 Å². The number of nitrogens with one attached hydrogen (secondary N) is 1. The maximum Gasteiger partial charge on any atom is 0.270 e. The Balaban J connectivity index is 1.60. The van der Waals surface area contributed by atoms with E-state index in [9.17, 15) is 13.6 Å². The number of alkyl halides is 2. The highest BCUT2D eigenvalue weighted by Crippen LogP contribution is 2.31. The third-order valence-electron chi connectivity index (χ3n) is 3.92. The van der Waals surface area contributed by atoms with E-state index in [1.165, 1.54) is 6.07 Å². The lowest BCUT2D eigenvalue weighted by atomic mass is 10.0. The summed E-state index contributed by atoms with van der Waals surface area (Å²) in [7, 11) is 0. The molecule has 0 radical (unpaired) electrons. The van der Waals surface area contributed by atoms with E-state index in [4.69, 9.17) is 4.52 Å². The summed E-state index contributed by atoms with van der Waals surface area (Å²) in [5, 5.41) is 6.45. The van der Waals surface area contributed by atoms with Crippen LogP contribution in [-0.4, -0.2) is 21.0 Å². The fourth-order valence-corrected chi connectivity index (χ4v) is 2.57. The van der Waals surface area contributed by atoms with Crippen molar-refractivity contribution in [3.8, 4) is 11.5 Å². The Morgan fingerprint density at radius 1 is 1.26 bits per heavy atom. The van der Waals surface area contributed by atoms with Gasteiger partial charge < -0.3 is 9.84 Å². The molecule has 3 aromatic rings. The van der Waals surface area contributed by atoms with Gasteiger partial charge >= 0.3 is 0 Å². The number of amides is 1. The molecule has 0 atom stereocenters. The summed E-state index contributed by atoms with van der Waals surface area (Å²) < 4.78 is 32.3. The molecular formula is C19H18F2N4O2. The van der Waals surface area contributed by atoms with Crippen LogP contribution in [0, 0.1) is 6.92 Å². The molecular weight excluding hydrogens is 354 g/mol. The third kappa shape index (κ3) is 4.72. The van der Waals surface area contributed by atoms with Crippen LogP contribution in [-0.2, 0) is 17.1 Å². The zero-order valence-electron chi connectivity index (χ0n) is 14.9. The first-order valence-corrected chi connectivity index (χ1v) is 8.36. The number of anilines is 1. The van der Waals surface area contributed by atoms with Gasteiger partial charge in [0, 0.05) is 37.2 Å². The second-order valence-corrected chi connectivity index (χ2v) is 6.19. The number of aryl methyl sites for hydroxylation is 2. The maximum atomic E-state index is 13.6. The number of benzene rings is 1. The lowest BCUT2D eigenvalue weighted by Crippen LogP contribution is -2.14. The Hall–Kier alpha value is -3.16.